The maximum absolute atomic E-state index is 5.93. The molecular formula is C9H8Cl2N2O. The van der Waals surface area contributed by atoms with Crippen molar-refractivity contribution in [3.63, 3.8) is 0 Å². The van der Waals surface area contributed by atoms with Gasteiger partial charge in [0, 0.05) is 6.54 Å². The summed E-state index contributed by atoms with van der Waals surface area (Å²) in [6, 6.07) is 3.45. The molecule has 0 saturated carbocycles. The van der Waals surface area contributed by atoms with E-state index in [1.54, 1.807) is 18.3 Å². The molecule has 0 bridgehead atoms. The molecule has 0 saturated heterocycles. The predicted molar refractivity (Wildman–Crippen MR) is 55.6 cm³/mol. The molecule has 0 atom stereocenters. The summed E-state index contributed by atoms with van der Waals surface area (Å²) in [7, 11) is 0. The van der Waals surface area contributed by atoms with Gasteiger partial charge in [0.15, 0.2) is 16.8 Å². The van der Waals surface area contributed by atoms with Gasteiger partial charge in [-0.1, -0.05) is 11.6 Å². The largest absolute Gasteiger partial charge is 0.441 e. The van der Waals surface area contributed by atoms with Gasteiger partial charge in [-0.2, -0.15) is 0 Å². The Kier molecular flexibility index (Phi) is 2.52. The second-order valence-electron chi connectivity index (χ2n) is 2.75. The molecule has 2 heterocycles. The molecule has 0 fully saturated rings. The summed E-state index contributed by atoms with van der Waals surface area (Å²) >= 11 is 11.6. The number of aromatic nitrogens is 2. The van der Waals surface area contributed by atoms with E-state index in [4.69, 9.17) is 27.6 Å². The van der Waals surface area contributed by atoms with E-state index in [0.29, 0.717) is 22.0 Å². The summed E-state index contributed by atoms with van der Waals surface area (Å²) in [6.07, 6.45) is 1.59. The van der Waals surface area contributed by atoms with Crippen LogP contribution in [-0.2, 0) is 6.54 Å². The highest BCUT2D eigenvalue weighted by Crippen LogP contribution is 2.26. The molecule has 2 aromatic rings. The van der Waals surface area contributed by atoms with Crippen LogP contribution < -0.4 is 0 Å². The molecule has 0 amide bonds. The van der Waals surface area contributed by atoms with Gasteiger partial charge in [-0.3, -0.25) is 0 Å². The smallest absolute Gasteiger partial charge is 0.194 e. The van der Waals surface area contributed by atoms with Crippen LogP contribution in [0.5, 0.6) is 0 Å². The van der Waals surface area contributed by atoms with Crippen LogP contribution in [0.25, 0.3) is 11.6 Å². The van der Waals surface area contributed by atoms with E-state index in [1.807, 2.05) is 11.5 Å². The fraction of sp³-hybridized carbons (Fsp3) is 0.222. The first-order valence-electron chi connectivity index (χ1n) is 4.19. The van der Waals surface area contributed by atoms with Gasteiger partial charge in [0.1, 0.15) is 5.15 Å². The number of nitrogens with zero attached hydrogens (tertiary/aromatic N) is 2. The predicted octanol–water partition coefficient (Wildman–Crippen LogP) is 3.47. The molecule has 0 radical (unpaired) electrons. The number of halogens is 2. The Labute approximate surface area is 91.3 Å². The Hall–Kier alpha value is -0.930. The van der Waals surface area contributed by atoms with Gasteiger partial charge in [-0.25, -0.2) is 4.98 Å². The van der Waals surface area contributed by atoms with Crippen LogP contribution in [0.15, 0.2) is 22.7 Å². The molecule has 3 nitrogen and oxygen atoms in total. The minimum atomic E-state index is 0.349. The molecule has 0 aliphatic rings. The highest BCUT2D eigenvalue weighted by atomic mass is 35.5. The summed E-state index contributed by atoms with van der Waals surface area (Å²) in [6.45, 7) is 2.73. The van der Waals surface area contributed by atoms with Crippen molar-refractivity contribution < 1.29 is 4.42 Å². The molecule has 5 heteroatoms. The fourth-order valence-electron chi connectivity index (χ4n) is 1.29. The molecule has 0 N–H and O–H groups in total. The number of hydrogen-bond acceptors (Lipinski definition) is 2. The molecule has 0 aliphatic heterocycles. The van der Waals surface area contributed by atoms with Crippen molar-refractivity contribution in [3.05, 3.63) is 28.7 Å². The number of furan rings is 1. The van der Waals surface area contributed by atoms with E-state index in [9.17, 15) is 0 Å². The highest BCUT2D eigenvalue weighted by Gasteiger charge is 2.12. The monoisotopic (exact) mass is 230 g/mol. The summed E-state index contributed by atoms with van der Waals surface area (Å²) in [4.78, 5) is 4.15. The molecular weight excluding hydrogens is 223 g/mol. The van der Waals surface area contributed by atoms with Gasteiger partial charge in [0.2, 0.25) is 0 Å². The number of rotatable bonds is 2. The van der Waals surface area contributed by atoms with Gasteiger partial charge in [0.25, 0.3) is 0 Å². The topological polar surface area (TPSA) is 31.0 Å². The van der Waals surface area contributed by atoms with Crippen LogP contribution in [0.4, 0.5) is 0 Å². The Morgan fingerprint density at radius 1 is 1.43 bits per heavy atom. The summed E-state index contributed by atoms with van der Waals surface area (Å²) in [5, 5.41) is 0.941. The first kappa shape index (κ1) is 9.62. The van der Waals surface area contributed by atoms with Crippen molar-refractivity contribution in [2.45, 2.75) is 13.5 Å². The SMILES string of the molecule is CCn1c(Cl)cnc1-c1ccc(Cl)o1. The molecule has 2 aromatic heterocycles. The van der Waals surface area contributed by atoms with Crippen LogP contribution in [0, 0.1) is 0 Å². The third-order valence-corrected chi connectivity index (χ3v) is 2.42. The third kappa shape index (κ3) is 1.53. The molecule has 0 aliphatic carbocycles. The Balaban J connectivity index is 2.51. The Morgan fingerprint density at radius 3 is 2.79 bits per heavy atom. The molecule has 74 valence electrons. The van der Waals surface area contributed by atoms with Gasteiger partial charge in [0.05, 0.1) is 6.20 Å². The van der Waals surface area contributed by atoms with Gasteiger partial charge in [-0.15, -0.1) is 0 Å². The van der Waals surface area contributed by atoms with Crippen molar-refractivity contribution in [3.8, 4) is 11.6 Å². The van der Waals surface area contributed by atoms with Gasteiger partial charge in [-0.05, 0) is 30.7 Å². The molecule has 0 aromatic carbocycles. The van der Waals surface area contributed by atoms with Gasteiger partial charge < -0.3 is 8.98 Å². The van der Waals surface area contributed by atoms with E-state index in [2.05, 4.69) is 4.98 Å². The van der Waals surface area contributed by atoms with E-state index >= 15 is 0 Å². The minimum absolute atomic E-state index is 0.349. The average molecular weight is 231 g/mol. The lowest BCUT2D eigenvalue weighted by Gasteiger charge is -2.02. The second-order valence-corrected chi connectivity index (χ2v) is 3.51. The van der Waals surface area contributed by atoms with Crippen molar-refractivity contribution in [2.24, 2.45) is 0 Å². The zero-order chi connectivity index (χ0) is 10.1. The molecule has 2 rings (SSSR count). The quantitative estimate of drug-likeness (QED) is 0.792. The first-order valence-corrected chi connectivity index (χ1v) is 4.94. The first-order chi connectivity index (χ1) is 6.72. The molecule has 0 spiro atoms. The average Bonchev–Trinajstić information content (AvgIpc) is 2.71. The van der Waals surface area contributed by atoms with Crippen molar-refractivity contribution in [1.82, 2.24) is 9.55 Å². The summed E-state index contributed by atoms with van der Waals surface area (Å²) in [5.74, 6) is 1.33. The lowest BCUT2D eigenvalue weighted by molar-refractivity contribution is 0.572. The zero-order valence-corrected chi connectivity index (χ0v) is 9.01. The zero-order valence-electron chi connectivity index (χ0n) is 7.50. The second kappa shape index (κ2) is 3.67. The maximum Gasteiger partial charge on any atom is 0.194 e. The van der Waals surface area contributed by atoms with E-state index < -0.39 is 0 Å². The van der Waals surface area contributed by atoms with Crippen LogP contribution in [0.2, 0.25) is 10.4 Å². The number of imidazole rings is 1. The highest BCUT2D eigenvalue weighted by molar-refractivity contribution is 6.29. The standard InChI is InChI=1S/C9H8Cl2N2O/c1-2-13-7(10)5-12-9(13)6-3-4-8(11)14-6/h3-5H,2H2,1H3. The van der Waals surface area contributed by atoms with Crippen molar-refractivity contribution in [2.75, 3.05) is 0 Å². The molecule has 14 heavy (non-hydrogen) atoms. The van der Waals surface area contributed by atoms with Gasteiger partial charge >= 0.3 is 0 Å². The lowest BCUT2D eigenvalue weighted by Crippen LogP contribution is -1.96. The van der Waals surface area contributed by atoms with E-state index in [1.165, 1.54) is 0 Å². The normalized spacial score (nSPS) is 10.8. The minimum Gasteiger partial charge on any atom is -0.441 e. The van der Waals surface area contributed by atoms with E-state index in [-0.39, 0.29) is 0 Å². The maximum atomic E-state index is 5.93. The Bertz CT molecular complexity index is 447. The van der Waals surface area contributed by atoms with Crippen molar-refractivity contribution in [1.29, 1.82) is 0 Å². The Morgan fingerprint density at radius 2 is 2.21 bits per heavy atom. The van der Waals surface area contributed by atoms with E-state index in [0.717, 1.165) is 6.54 Å². The van der Waals surface area contributed by atoms with Crippen molar-refractivity contribution >= 4 is 23.2 Å². The van der Waals surface area contributed by atoms with Crippen LogP contribution >= 0.6 is 23.2 Å². The summed E-state index contributed by atoms with van der Waals surface area (Å²) < 4.78 is 7.09. The third-order valence-electron chi connectivity index (χ3n) is 1.92. The van der Waals surface area contributed by atoms with Crippen LogP contribution in [-0.4, -0.2) is 9.55 Å². The fourth-order valence-corrected chi connectivity index (χ4v) is 1.68. The molecule has 0 unspecified atom stereocenters. The number of hydrogen-bond donors (Lipinski definition) is 0. The van der Waals surface area contributed by atoms with Crippen LogP contribution in [0.1, 0.15) is 6.92 Å². The van der Waals surface area contributed by atoms with Crippen LogP contribution in [0.3, 0.4) is 0 Å². The lowest BCUT2D eigenvalue weighted by atomic mass is 10.4. The summed E-state index contributed by atoms with van der Waals surface area (Å²) in [5.41, 5.74) is 0.